The molecule has 0 atom stereocenters. The van der Waals surface area contributed by atoms with Crippen LogP contribution in [0.3, 0.4) is 0 Å². The largest absolute Gasteiger partial charge is 0.310 e. The van der Waals surface area contributed by atoms with Crippen LogP contribution >= 0.6 is 0 Å². The number of para-hydroxylation sites is 4. The average Bonchev–Trinajstić information content (AvgIpc) is 0.699. The van der Waals surface area contributed by atoms with Gasteiger partial charge in [0.15, 0.2) is 0 Å². The molecule has 0 aliphatic carbocycles. The van der Waals surface area contributed by atoms with Crippen molar-refractivity contribution in [2.45, 2.75) is 26.2 Å². The van der Waals surface area contributed by atoms with Crippen molar-refractivity contribution < 1.29 is 0 Å². The third-order valence-electron chi connectivity index (χ3n) is 21.5. The van der Waals surface area contributed by atoms with Gasteiger partial charge in [-0.05, 0) is 178 Å². The maximum Gasteiger partial charge on any atom is 0.252 e. The Morgan fingerprint density at radius 3 is 1.03 bits per heavy atom. The first-order valence-electron chi connectivity index (χ1n) is 36.2. The van der Waals surface area contributed by atoms with Crippen molar-refractivity contribution >= 4 is 79.0 Å². The molecule has 0 spiro atoms. The molecule has 0 radical (unpaired) electrons. The number of benzene rings is 16. The van der Waals surface area contributed by atoms with E-state index in [0.29, 0.717) is 0 Å². The molecule has 0 fully saturated rings. The predicted octanol–water partition coefficient (Wildman–Crippen LogP) is 25.2. The van der Waals surface area contributed by atoms with Gasteiger partial charge in [0.05, 0.1) is 22.4 Å². The first-order valence-corrected chi connectivity index (χ1v) is 36.2. The maximum atomic E-state index is 2.72. The number of hydrogen-bond acceptors (Lipinski definition) is 2. The van der Waals surface area contributed by atoms with Crippen LogP contribution in [-0.4, -0.2) is 11.3 Å². The van der Waals surface area contributed by atoms with Crippen molar-refractivity contribution in [3.05, 3.63) is 388 Å². The molecule has 0 amide bonds. The van der Waals surface area contributed by atoms with Gasteiger partial charge in [0, 0.05) is 61.5 Å². The zero-order valence-corrected chi connectivity index (χ0v) is 58.3. The summed E-state index contributed by atoms with van der Waals surface area (Å²) in [5, 5.41) is 2.44. The molecule has 104 heavy (non-hydrogen) atoms. The second-order valence-electron chi connectivity index (χ2n) is 28.7. The van der Waals surface area contributed by atoms with Crippen molar-refractivity contribution in [1.82, 2.24) is 4.57 Å². The Morgan fingerprint density at radius 1 is 0.231 bits per heavy atom. The van der Waals surface area contributed by atoms with Crippen LogP contribution in [0.1, 0.15) is 26.3 Å². The van der Waals surface area contributed by atoms with Gasteiger partial charge in [0.1, 0.15) is 0 Å². The molecule has 17 aromatic rings. The normalized spacial score (nSPS) is 12.3. The van der Waals surface area contributed by atoms with E-state index in [4.69, 9.17) is 0 Å². The highest BCUT2D eigenvalue weighted by Gasteiger charge is 2.46. The molecule has 3 nitrogen and oxygen atoms in total. The van der Waals surface area contributed by atoms with Crippen molar-refractivity contribution in [2.75, 3.05) is 9.80 Å². The first kappa shape index (κ1) is 62.0. The standard InChI is InChI=1S/C100H72BN3/c1-100(2,3)81-64-95-97-96(65-81)104(99-85(76-44-26-42-73(58-76)67-30-10-4-11-31-67)50-29-51-86(99)77-45-27-43-74(59-77)68-32-12-5-13-33-68)94-66-82(102-91-52-24-22-46-87(91)88-47-23-25-53-92(88)102)55-56-89(94)101(97)90-63-75(80-61-78(69-34-14-6-15-35-69)60-79(62-80)70-36-16-7-17-37-70)54-57-93(90)103(95)98-83(71-38-18-8-19-39-71)48-28-49-84(98)72-40-20-9-21-41-72/h4-66H,1-3H3. The second kappa shape index (κ2) is 25.6. The molecular formula is C100H72BN3. The van der Waals surface area contributed by atoms with Crippen molar-refractivity contribution in [1.29, 1.82) is 0 Å². The highest BCUT2D eigenvalue weighted by molar-refractivity contribution is 7.00. The van der Waals surface area contributed by atoms with Gasteiger partial charge in [0.2, 0.25) is 0 Å². The SMILES string of the molecule is CC(C)(C)c1cc2c3c(c1)N(c1c(-c4cccc(-c5ccccc5)c4)cccc1-c1cccc(-c4ccccc4)c1)c1cc(-n4c5ccccc5c5ccccc54)ccc1B3c1cc(-c3cc(-c4ccccc4)cc(-c4ccccc4)c3)ccc1N2c1c(-c2ccccc2)cccc1-c1ccccc1. The minimum atomic E-state index is -0.328. The molecule has 16 aromatic carbocycles. The predicted molar refractivity (Wildman–Crippen MR) is 442 cm³/mol. The van der Waals surface area contributed by atoms with Crippen LogP contribution < -0.4 is 26.2 Å². The van der Waals surface area contributed by atoms with E-state index in [9.17, 15) is 0 Å². The lowest BCUT2D eigenvalue weighted by Crippen LogP contribution is -2.61. The van der Waals surface area contributed by atoms with Crippen LogP contribution in [0.4, 0.5) is 34.1 Å². The topological polar surface area (TPSA) is 11.4 Å². The minimum absolute atomic E-state index is 0.271. The molecule has 490 valence electrons. The summed E-state index contributed by atoms with van der Waals surface area (Å²) in [6, 6.07) is 143. The van der Waals surface area contributed by atoms with E-state index in [1.165, 1.54) is 66.1 Å². The van der Waals surface area contributed by atoms with Crippen LogP contribution in [0, 0.1) is 0 Å². The zero-order valence-electron chi connectivity index (χ0n) is 58.3. The summed E-state index contributed by atoms with van der Waals surface area (Å²) in [4.78, 5) is 5.40. The van der Waals surface area contributed by atoms with Gasteiger partial charge in [-0.3, -0.25) is 0 Å². The zero-order chi connectivity index (χ0) is 69.4. The fourth-order valence-electron chi connectivity index (χ4n) is 16.5. The number of anilines is 6. The number of hydrogen-bond donors (Lipinski definition) is 0. The highest BCUT2D eigenvalue weighted by Crippen LogP contribution is 2.55. The number of fused-ring (bicyclic) bond motifs is 7. The van der Waals surface area contributed by atoms with Crippen LogP contribution in [0.2, 0.25) is 0 Å². The average molecular weight is 1330 g/mol. The number of aromatic nitrogens is 1. The van der Waals surface area contributed by atoms with E-state index >= 15 is 0 Å². The summed E-state index contributed by atoms with van der Waals surface area (Å²) in [5.74, 6) is 0. The van der Waals surface area contributed by atoms with Gasteiger partial charge in [-0.25, -0.2) is 0 Å². The quantitative estimate of drug-likeness (QED) is 0.113. The van der Waals surface area contributed by atoms with Crippen LogP contribution in [-0.2, 0) is 5.41 Å². The Bertz CT molecular complexity index is 5870. The summed E-state index contributed by atoms with van der Waals surface area (Å²) in [6.45, 7) is 6.89. The molecule has 0 unspecified atom stereocenters. The molecule has 2 aliphatic rings. The van der Waals surface area contributed by atoms with Crippen LogP contribution in [0.25, 0.3) is 128 Å². The molecule has 2 aliphatic heterocycles. The van der Waals surface area contributed by atoms with E-state index < -0.39 is 0 Å². The van der Waals surface area contributed by atoms with Crippen molar-refractivity contribution in [3.8, 4) is 106 Å². The lowest BCUT2D eigenvalue weighted by molar-refractivity contribution is 0.590. The van der Waals surface area contributed by atoms with Crippen molar-refractivity contribution in [2.24, 2.45) is 0 Å². The van der Waals surface area contributed by atoms with Crippen molar-refractivity contribution in [3.63, 3.8) is 0 Å². The summed E-state index contributed by atoms with van der Waals surface area (Å²) in [7, 11) is 0. The Balaban J connectivity index is 0.971. The van der Waals surface area contributed by atoms with E-state index in [1.54, 1.807) is 0 Å². The lowest BCUT2D eigenvalue weighted by atomic mass is 9.33. The van der Waals surface area contributed by atoms with Gasteiger partial charge in [-0.15, -0.1) is 0 Å². The third kappa shape index (κ3) is 10.8. The van der Waals surface area contributed by atoms with Gasteiger partial charge in [-0.1, -0.05) is 330 Å². The Labute approximate surface area is 609 Å². The minimum Gasteiger partial charge on any atom is -0.310 e. The molecule has 0 bridgehead atoms. The molecule has 4 heteroatoms. The first-order chi connectivity index (χ1) is 51.2. The molecule has 0 saturated carbocycles. The number of nitrogens with zero attached hydrogens (tertiary/aromatic N) is 3. The summed E-state index contributed by atoms with van der Waals surface area (Å²) in [5.41, 5.74) is 35.4. The Morgan fingerprint density at radius 2 is 0.577 bits per heavy atom. The summed E-state index contributed by atoms with van der Waals surface area (Å²) >= 11 is 0. The van der Waals surface area contributed by atoms with E-state index in [2.05, 4.69) is 417 Å². The third-order valence-corrected chi connectivity index (χ3v) is 21.5. The summed E-state index contributed by atoms with van der Waals surface area (Å²) < 4.78 is 2.50. The Hall–Kier alpha value is -13.0. The fourth-order valence-corrected chi connectivity index (χ4v) is 16.5. The Kier molecular flexibility index (Phi) is 15.2. The highest BCUT2D eigenvalue weighted by atomic mass is 15.2. The van der Waals surface area contributed by atoms with E-state index in [-0.39, 0.29) is 12.1 Å². The molecule has 1 aromatic heterocycles. The van der Waals surface area contributed by atoms with Gasteiger partial charge in [0.25, 0.3) is 6.71 Å². The van der Waals surface area contributed by atoms with Gasteiger partial charge < -0.3 is 14.4 Å². The van der Waals surface area contributed by atoms with Crippen LogP contribution in [0.5, 0.6) is 0 Å². The molecule has 3 heterocycles. The van der Waals surface area contributed by atoms with Gasteiger partial charge >= 0.3 is 0 Å². The summed E-state index contributed by atoms with van der Waals surface area (Å²) in [6.07, 6.45) is 0. The molecular weight excluding hydrogens is 1250 g/mol. The fraction of sp³-hybridized carbons (Fsp3) is 0.0400. The smallest absolute Gasteiger partial charge is 0.252 e. The second-order valence-corrected chi connectivity index (χ2v) is 28.7. The van der Waals surface area contributed by atoms with Gasteiger partial charge in [-0.2, -0.15) is 0 Å². The lowest BCUT2D eigenvalue weighted by Gasteiger charge is -2.46. The molecule has 0 saturated heterocycles. The van der Waals surface area contributed by atoms with E-state index in [1.807, 2.05) is 0 Å². The monoisotopic (exact) mass is 1330 g/mol. The maximum absolute atomic E-state index is 2.72. The van der Waals surface area contributed by atoms with E-state index in [0.717, 1.165) is 118 Å². The van der Waals surface area contributed by atoms with Crippen LogP contribution in [0.15, 0.2) is 382 Å². The molecule has 19 rings (SSSR count). The molecule has 0 N–H and O–H groups in total. The number of rotatable bonds is 12.